The number of fused-ring (bicyclic) bond motifs is 2. The maximum absolute atomic E-state index is 12.3. The van der Waals surface area contributed by atoms with Gasteiger partial charge < -0.3 is 11.1 Å². The molecule has 0 fully saturated rings. The molecule has 0 aliphatic carbocycles. The number of anilines is 2. The largest absolute Gasteiger partial charge is 0.383 e. The Bertz CT molecular complexity index is 1090. The second kappa shape index (κ2) is 6.74. The number of aromatic nitrogens is 4. The SMILES string of the molecule is CCCCCc1nn(-c2nc(N)c3c(n2)NC(=O)C3(C)C)c2ccc(Cl)cc12. The number of amides is 1. The van der Waals surface area contributed by atoms with Crippen molar-refractivity contribution < 1.29 is 4.79 Å². The van der Waals surface area contributed by atoms with Crippen molar-refractivity contribution in [2.75, 3.05) is 11.1 Å². The predicted octanol–water partition coefficient (Wildman–Crippen LogP) is 4.01. The number of carbonyl (C=O) groups excluding carboxylic acids is 1. The molecule has 28 heavy (non-hydrogen) atoms. The van der Waals surface area contributed by atoms with Gasteiger partial charge in [0.05, 0.1) is 22.2 Å². The number of nitrogens with one attached hydrogen (secondary N) is 1. The Morgan fingerprint density at radius 2 is 2.04 bits per heavy atom. The maximum atomic E-state index is 12.3. The second-order valence-electron chi connectivity index (χ2n) is 7.69. The van der Waals surface area contributed by atoms with E-state index in [1.54, 1.807) is 4.68 Å². The van der Waals surface area contributed by atoms with Crippen LogP contribution >= 0.6 is 11.6 Å². The van der Waals surface area contributed by atoms with Gasteiger partial charge in [-0.15, -0.1) is 0 Å². The van der Waals surface area contributed by atoms with Crippen molar-refractivity contribution in [1.82, 2.24) is 19.7 Å². The van der Waals surface area contributed by atoms with E-state index in [1.165, 1.54) is 0 Å². The van der Waals surface area contributed by atoms with Crippen LogP contribution in [0.15, 0.2) is 18.2 Å². The van der Waals surface area contributed by atoms with Gasteiger partial charge in [-0.3, -0.25) is 4.79 Å². The van der Waals surface area contributed by atoms with E-state index < -0.39 is 5.41 Å². The van der Waals surface area contributed by atoms with Crippen LogP contribution < -0.4 is 11.1 Å². The molecule has 0 saturated carbocycles. The Hall–Kier alpha value is -2.67. The molecule has 0 radical (unpaired) electrons. The van der Waals surface area contributed by atoms with Crippen molar-refractivity contribution in [2.45, 2.75) is 51.9 Å². The minimum absolute atomic E-state index is 0.141. The molecule has 8 heteroatoms. The van der Waals surface area contributed by atoms with E-state index in [2.05, 4.69) is 22.2 Å². The van der Waals surface area contributed by atoms with Gasteiger partial charge in [-0.05, 0) is 44.9 Å². The lowest BCUT2D eigenvalue weighted by Crippen LogP contribution is -2.27. The van der Waals surface area contributed by atoms with Crippen molar-refractivity contribution in [3.05, 3.63) is 34.5 Å². The average molecular weight is 399 g/mol. The Balaban J connectivity index is 1.85. The first-order valence-electron chi connectivity index (χ1n) is 9.50. The van der Waals surface area contributed by atoms with Gasteiger partial charge >= 0.3 is 0 Å². The number of carbonyl (C=O) groups is 1. The highest BCUT2D eigenvalue weighted by molar-refractivity contribution is 6.31. The quantitative estimate of drug-likeness (QED) is 0.632. The molecular formula is C20H23ClN6O. The van der Waals surface area contributed by atoms with Crippen LogP contribution in [0, 0.1) is 0 Å². The molecule has 2 aromatic heterocycles. The van der Waals surface area contributed by atoms with Gasteiger partial charge in [0.2, 0.25) is 5.91 Å². The van der Waals surface area contributed by atoms with Crippen LogP contribution in [0.3, 0.4) is 0 Å². The van der Waals surface area contributed by atoms with Crippen LogP contribution in [0.4, 0.5) is 11.6 Å². The third-order valence-electron chi connectivity index (χ3n) is 5.27. The molecule has 4 rings (SSSR count). The van der Waals surface area contributed by atoms with E-state index >= 15 is 0 Å². The summed E-state index contributed by atoms with van der Waals surface area (Å²) >= 11 is 6.22. The minimum Gasteiger partial charge on any atom is -0.383 e. The number of rotatable bonds is 5. The molecule has 1 amide bonds. The summed E-state index contributed by atoms with van der Waals surface area (Å²) in [5.41, 5.74) is 7.90. The molecule has 7 nitrogen and oxygen atoms in total. The Morgan fingerprint density at radius 1 is 1.25 bits per heavy atom. The molecule has 1 aliphatic rings. The summed E-state index contributed by atoms with van der Waals surface area (Å²) in [5, 5.41) is 9.21. The fraction of sp³-hybridized carbons (Fsp3) is 0.400. The molecule has 0 spiro atoms. The molecular weight excluding hydrogens is 376 g/mol. The number of hydrogen-bond acceptors (Lipinski definition) is 5. The molecule has 146 valence electrons. The molecule has 1 aromatic carbocycles. The predicted molar refractivity (Wildman–Crippen MR) is 111 cm³/mol. The third kappa shape index (κ3) is 2.90. The topological polar surface area (TPSA) is 98.7 Å². The normalized spacial score (nSPS) is 15.1. The van der Waals surface area contributed by atoms with Gasteiger partial charge in [0.15, 0.2) is 0 Å². The Morgan fingerprint density at radius 3 is 2.79 bits per heavy atom. The van der Waals surface area contributed by atoms with Gasteiger partial charge in [0.1, 0.15) is 11.6 Å². The monoisotopic (exact) mass is 398 g/mol. The third-order valence-corrected chi connectivity index (χ3v) is 5.51. The zero-order valence-corrected chi connectivity index (χ0v) is 17.0. The van der Waals surface area contributed by atoms with E-state index in [4.69, 9.17) is 22.4 Å². The zero-order chi connectivity index (χ0) is 20.1. The lowest BCUT2D eigenvalue weighted by Gasteiger charge is -2.16. The summed E-state index contributed by atoms with van der Waals surface area (Å²) in [6.07, 6.45) is 4.17. The number of hydrogen-bond donors (Lipinski definition) is 2. The van der Waals surface area contributed by atoms with Gasteiger partial charge in [0.25, 0.3) is 5.95 Å². The first kappa shape index (κ1) is 18.7. The summed E-state index contributed by atoms with van der Waals surface area (Å²) in [4.78, 5) is 21.3. The van der Waals surface area contributed by atoms with Crippen molar-refractivity contribution in [1.29, 1.82) is 0 Å². The number of nitrogens with two attached hydrogens (primary N) is 1. The van der Waals surface area contributed by atoms with Gasteiger partial charge in [-0.25, -0.2) is 0 Å². The number of nitrogen functional groups attached to an aromatic ring is 1. The van der Waals surface area contributed by atoms with E-state index in [1.807, 2.05) is 32.0 Å². The van der Waals surface area contributed by atoms with Crippen LogP contribution in [0.5, 0.6) is 0 Å². The first-order valence-corrected chi connectivity index (χ1v) is 9.87. The van der Waals surface area contributed by atoms with Crippen molar-refractivity contribution >= 4 is 40.0 Å². The number of aryl methyl sites for hydroxylation is 1. The number of nitrogens with zero attached hydrogens (tertiary/aromatic N) is 4. The first-order chi connectivity index (χ1) is 13.3. The number of benzene rings is 1. The number of halogens is 1. The molecule has 1 aliphatic heterocycles. The molecule has 0 saturated heterocycles. The van der Waals surface area contributed by atoms with E-state index in [-0.39, 0.29) is 11.7 Å². The van der Waals surface area contributed by atoms with Crippen LogP contribution in [-0.4, -0.2) is 25.7 Å². The van der Waals surface area contributed by atoms with E-state index in [9.17, 15) is 4.79 Å². The second-order valence-corrected chi connectivity index (χ2v) is 8.13. The number of unbranched alkanes of at least 4 members (excludes halogenated alkanes) is 2. The zero-order valence-electron chi connectivity index (χ0n) is 16.2. The lowest BCUT2D eigenvalue weighted by molar-refractivity contribution is -0.119. The highest BCUT2D eigenvalue weighted by atomic mass is 35.5. The van der Waals surface area contributed by atoms with Gasteiger partial charge in [-0.2, -0.15) is 19.7 Å². The average Bonchev–Trinajstić information content (AvgIpc) is 3.10. The Labute approximate surface area is 168 Å². The van der Waals surface area contributed by atoms with Crippen LogP contribution in [0.25, 0.3) is 16.9 Å². The summed E-state index contributed by atoms with van der Waals surface area (Å²) in [6.45, 7) is 5.79. The lowest BCUT2D eigenvalue weighted by atomic mass is 9.87. The highest BCUT2D eigenvalue weighted by Gasteiger charge is 2.42. The molecule has 0 atom stereocenters. The Kier molecular flexibility index (Phi) is 4.50. The van der Waals surface area contributed by atoms with Gasteiger partial charge in [-0.1, -0.05) is 31.4 Å². The van der Waals surface area contributed by atoms with Crippen molar-refractivity contribution in [3.63, 3.8) is 0 Å². The maximum Gasteiger partial charge on any atom is 0.255 e. The van der Waals surface area contributed by atoms with Crippen LogP contribution in [0.1, 0.15) is 51.3 Å². The van der Waals surface area contributed by atoms with Gasteiger partial charge in [0, 0.05) is 10.4 Å². The fourth-order valence-corrected chi connectivity index (χ4v) is 3.85. The van der Waals surface area contributed by atoms with Crippen LogP contribution in [-0.2, 0) is 16.6 Å². The molecule has 0 unspecified atom stereocenters. The standard InChI is InChI=1S/C20H23ClN6O/c1-4-5-6-7-13-12-10-11(21)8-9-14(12)27(26-13)19-23-16(22)15-17(25-19)24-18(28)20(15,2)3/h8-10H,4-7H2,1-3H3,(H3,22,23,24,25,28). The molecule has 3 aromatic rings. The minimum atomic E-state index is -0.761. The van der Waals surface area contributed by atoms with Crippen molar-refractivity contribution in [2.24, 2.45) is 0 Å². The summed E-state index contributed by atoms with van der Waals surface area (Å²) in [7, 11) is 0. The molecule has 3 heterocycles. The van der Waals surface area contributed by atoms with Crippen LogP contribution in [0.2, 0.25) is 5.02 Å². The molecule has 0 bridgehead atoms. The fourth-order valence-electron chi connectivity index (χ4n) is 3.68. The van der Waals surface area contributed by atoms with E-state index in [0.29, 0.717) is 22.4 Å². The summed E-state index contributed by atoms with van der Waals surface area (Å²) in [6, 6.07) is 5.64. The highest BCUT2D eigenvalue weighted by Crippen LogP contribution is 2.39. The summed E-state index contributed by atoms with van der Waals surface area (Å²) < 4.78 is 1.68. The van der Waals surface area contributed by atoms with Crippen molar-refractivity contribution in [3.8, 4) is 5.95 Å². The van der Waals surface area contributed by atoms with E-state index in [0.717, 1.165) is 42.3 Å². The molecule has 3 N–H and O–H groups in total. The summed E-state index contributed by atoms with van der Waals surface area (Å²) in [5.74, 6) is 0.928. The smallest absolute Gasteiger partial charge is 0.255 e.